The van der Waals surface area contributed by atoms with E-state index in [9.17, 15) is 29.1 Å². The molecule has 0 fully saturated rings. The van der Waals surface area contributed by atoms with Gasteiger partial charge < -0.3 is 29.4 Å². The number of carbonyl (C=O) groups is 5. The van der Waals surface area contributed by atoms with Crippen molar-refractivity contribution in [3.8, 4) is 5.75 Å². The van der Waals surface area contributed by atoms with E-state index in [1.807, 2.05) is 30.3 Å². The average Bonchev–Trinajstić information content (AvgIpc) is 3.11. The monoisotopic (exact) mass is 653 g/mol. The molecular formula is C37H35NO10. The van der Waals surface area contributed by atoms with Crippen LogP contribution in [0.2, 0.25) is 0 Å². The molecule has 2 N–H and O–H groups in total. The van der Waals surface area contributed by atoms with Crippen LogP contribution in [0.5, 0.6) is 5.75 Å². The molecule has 0 aliphatic heterocycles. The number of carboxylic acids is 1. The summed E-state index contributed by atoms with van der Waals surface area (Å²) in [5, 5.41) is 12.1. The van der Waals surface area contributed by atoms with Gasteiger partial charge in [0.25, 0.3) is 6.10 Å². The zero-order valence-electron chi connectivity index (χ0n) is 26.0. The van der Waals surface area contributed by atoms with E-state index >= 15 is 0 Å². The van der Waals surface area contributed by atoms with Crippen molar-refractivity contribution in [1.29, 1.82) is 0 Å². The van der Waals surface area contributed by atoms with Crippen molar-refractivity contribution in [3.05, 3.63) is 138 Å². The molecule has 248 valence electrons. The number of rotatable bonds is 17. The van der Waals surface area contributed by atoms with Crippen molar-refractivity contribution in [2.45, 2.75) is 51.2 Å². The summed E-state index contributed by atoms with van der Waals surface area (Å²) in [6.07, 6.45) is -2.26. The van der Waals surface area contributed by atoms with Gasteiger partial charge in [-0.15, -0.1) is 0 Å². The molecule has 0 saturated heterocycles. The Hall–Kier alpha value is -5.97. The maximum Gasteiger partial charge on any atom is 0.359 e. The Kier molecular flexibility index (Phi) is 13.3. The zero-order chi connectivity index (χ0) is 34.1. The summed E-state index contributed by atoms with van der Waals surface area (Å²) in [5.74, 6) is -4.23. The minimum atomic E-state index is -1.73. The van der Waals surface area contributed by atoms with Gasteiger partial charge in [0, 0.05) is 12.8 Å². The van der Waals surface area contributed by atoms with Crippen LogP contribution in [0.3, 0.4) is 0 Å². The van der Waals surface area contributed by atoms with Gasteiger partial charge in [0.05, 0.1) is 6.42 Å². The van der Waals surface area contributed by atoms with Crippen molar-refractivity contribution in [3.63, 3.8) is 0 Å². The molecule has 4 aromatic rings. The van der Waals surface area contributed by atoms with Gasteiger partial charge in [-0.25, -0.2) is 14.4 Å². The third-order valence-corrected chi connectivity index (χ3v) is 6.93. The van der Waals surface area contributed by atoms with Gasteiger partial charge in [0.1, 0.15) is 31.6 Å². The molecule has 1 atom stereocenters. The smallest absolute Gasteiger partial charge is 0.359 e. The van der Waals surface area contributed by atoms with Crippen LogP contribution in [-0.4, -0.2) is 47.0 Å². The van der Waals surface area contributed by atoms with Crippen LogP contribution in [0.1, 0.15) is 35.1 Å². The Morgan fingerprint density at radius 2 is 1.02 bits per heavy atom. The average molecular weight is 654 g/mol. The zero-order valence-corrected chi connectivity index (χ0v) is 26.0. The Morgan fingerprint density at radius 3 is 1.48 bits per heavy atom. The number of carboxylic acid groups (broad SMARTS) is 1. The summed E-state index contributed by atoms with van der Waals surface area (Å²) in [6.45, 7) is -0.0908. The van der Waals surface area contributed by atoms with E-state index < -0.39 is 41.9 Å². The topological polar surface area (TPSA) is 155 Å². The Balaban J connectivity index is 1.32. The van der Waals surface area contributed by atoms with Crippen LogP contribution in [0.15, 0.2) is 115 Å². The van der Waals surface area contributed by atoms with Crippen molar-refractivity contribution < 1.29 is 48.0 Å². The summed E-state index contributed by atoms with van der Waals surface area (Å²) < 4.78 is 21.6. The van der Waals surface area contributed by atoms with Gasteiger partial charge in [0.15, 0.2) is 0 Å². The molecule has 0 aromatic heterocycles. The first-order chi connectivity index (χ1) is 23.3. The lowest BCUT2D eigenvalue weighted by molar-refractivity contribution is -0.168. The first-order valence-electron chi connectivity index (χ1n) is 15.2. The number of benzene rings is 4. The fraction of sp³-hybridized carbons (Fsp3) is 0.216. The minimum absolute atomic E-state index is 0.0727. The Bertz CT molecular complexity index is 1590. The number of ether oxygens (including phenoxy) is 4. The molecule has 0 radical (unpaired) electrons. The Labute approximate surface area is 277 Å². The highest BCUT2D eigenvalue weighted by molar-refractivity contribution is 5.98. The summed E-state index contributed by atoms with van der Waals surface area (Å²) in [4.78, 5) is 62.3. The highest BCUT2D eigenvalue weighted by Gasteiger charge is 2.32. The lowest BCUT2D eigenvalue weighted by Gasteiger charge is -2.18. The molecule has 1 amide bonds. The van der Waals surface area contributed by atoms with Crippen LogP contribution in [-0.2, 0) is 64.4 Å². The third kappa shape index (κ3) is 11.8. The molecule has 0 unspecified atom stereocenters. The standard InChI is InChI=1S/C37H35NO10/c39-32(20-21-33(40)45-23-27-10-4-1-5-11-27)38-31(35(41)42)22-26-16-18-30(19-17-26)48-34(36(43)46-24-28-12-6-2-7-13-28)37(44)47-25-29-14-8-3-9-15-29/h1-19,31,34H,20-25H2,(H,38,39)(H,41,42)/t31-/m0/s1. The minimum Gasteiger partial charge on any atom is -0.480 e. The van der Waals surface area contributed by atoms with Crippen LogP contribution in [0.25, 0.3) is 0 Å². The number of carbonyl (C=O) groups excluding carboxylic acids is 4. The maximum absolute atomic E-state index is 13.0. The fourth-order valence-corrected chi connectivity index (χ4v) is 4.37. The number of amides is 1. The second-order valence-electron chi connectivity index (χ2n) is 10.6. The molecule has 0 heterocycles. The van der Waals surface area contributed by atoms with Gasteiger partial charge in [-0.2, -0.15) is 0 Å². The van der Waals surface area contributed by atoms with E-state index in [2.05, 4.69) is 5.32 Å². The van der Waals surface area contributed by atoms with E-state index in [1.54, 1.807) is 72.8 Å². The van der Waals surface area contributed by atoms with E-state index in [-0.39, 0.29) is 44.8 Å². The third-order valence-electron chi connectivity index (χ3n) is 6.93. The molecule has 0 aliphatic carbocycles. The first-order valence-corrected chi connectivity index (χ1v) is 15.2. The summed E-state index contributed by atoms with van der Waals surface area (Å²) in [7, 11) is 0. The fourth-order valence-electron chi connectivity index (χ4n) is 4.37. The molecule has 11 heteroatoms. The quantitative estimate of drug-likeness (QED) is 0.0942. The van der Waals surface area contributed by atoms with Crippen molar-refractivity contribution in [1.82, 2.24) is 5.32 Å². The molecular weight excluding hydrogens is 618 g/mol. The molecule has 0 saturated carbocycles. The predicted molar refractivity (Wildman–Crippen MR) is 172 cm³/mol. The second kappa shape index (κ2) is 18.2. The molecule has 4 aromatic carbocycles. The van der Waals surface area contributed by atoms with Gasteiger partial charge in [-0.1, -0.05) is 103 Å². The van der Waals surface area contributed by atoms with Gasteiger partial charge in [-0.05, 0) is 34.4 Å². The maximum atomic E-state index is 13.0. The lowest BCUT2D eigenvalue weighted by atomic mass is 10.1. The predicted octanol–water partition coefficient (Wildman–Crippen LogP) is 4.56. The highest BCUT2D eigenvalue weighted by Crippen LogP contribution is 2.18. The number of nitrogens with one attached hydrogen (secondary N) is 1. The van der Waals surface area contributed by atoms with Crippen LogP contribution < -0.4 is 10.1 Å². The number of esters is 3. The van der Waals surface area contributed by atoms with Crippen LogP contribution >= 0.6 is 0 Å². The van der Waals surface area contributed by atoms with Crippen LogP contribution in [0, 0.1) is 0 Å². The Morgan fingerprint density at radius 1 is 0.562 bits per heavy atom. The van der Waals surface area contributed by atoms with Crippen molar-refractivity contribution in [2.75, 3.05) is 0 Å². The van der Waals surface area contributed by atoms with E-state index in [4.69, 9.17) is 18.9 Å². The van der Waals surface area contributed by atoms with Crippen LogP contribution in [0.4, 0.5) is 0 Å². The number of hydrogen-bond donors (Lipinski definition) is 2. The largest absolute Gasteiger partial charge is 0.480 e. The number of hydrogen-bond acceptors (Lipinski definition) is 9. The highest BCUT2D eigenvalue weighted by atomic mass is 16.6. The SMILES string of the molecule is O=C(CCC(=O)OCc1ccccc1)N[C@@H](Cc1ccc(OC(C(=O)OCc2ccccc2)C(=O)OCc2ccccc2)cc1)C(=O)O. The molecule has 48 heavy (non-hydrogen) atoms. The van der Waals surface area contributed by atoms with Gasteiger partial charge in [-0.3, -0.25) is 9.59 Å². The number of aliphatic carboxylic acids is 1. The van der Waals surface area contributed by atoms with Gasteiger partial charge in [0.2, 0.25) is 5.91 Å². The van der Waals surface area contributed by atoms with Gasteiger partial charge >= 0.3 is 23.9 Å². The van der Waals surface area contributed by atoms with E-state index in [0.717, 1.165) is 16.7 Å². The lowest BCUT2D eigenvalue weighted by Crippen LogP contribution is -2.42. The summed E-state index contributed by atoms with van der Waals surface area (Å²) >= 11 is 0. The second-order valence-corrected chi connectivity index (χ2v) is 10.6. The molecule has 11 nitrogen and oxygen atoms in total. The van der Waals surface area contributed by atoms with E-state index in [1.165, 1.54) is 12.1 Å². The molecule has 0 aliphatic rings. The molecule has 0 spiro atoms. The summed E-state index contributed by atoms with van der Waals surface area (Å²) in [5.41, 5.74) is 2.76. The summed E-state index contributed by atoms with van der Waals surface area (Å²) in [6, 6.07) is 31.7. The van der Waals surface area contributed by atoms with Crippen molar-refractivity contribution >= 4 is 29.8 Å². The normalized spacial score (nSPS) is 11.2. The van der Waals surface area contributed by atoms with Crippen molar-refractivity contribution in [2.24, 2.45) is 0 Å². The first kappa shape index (κ1) is 34.9. The van der Waals surface area contributed by atoms with E-state index in [0.29, 0.717) is 5.56 Å². The molecule has 4 rings (SSSR count). The molecule has 0 bridgehead atoms.